The van der Waals surface area contributed by atoms with Crippen LogP contribution >= 0.6 is 0 Å². The summed E-state index contributed by atoms with van der Waals surface area (Å²) >= 11 is 0. The summed E-state index contributed by atoms with van der Waals surface area (Å²) in [6.07, 6.45) is 4.08. The molecule has 1 atom stereocenters. The van der Waals surface area contributed by atoms with Crippen LogP contribution in [0.2, 0.25) is 0 Å². The standard InChI is InChI=1S/C16H24FN3O/c1-2-3-12-6-8-20(11-12)9-7-16(21)19-15-10-13(18)4-5-14(15)17/h4-5,10,12H,2-3,6-9,11,18H2,1H3,(H,19,21). The van der Waals surface area contributed by atoms with E-state index in [-0.39, 0.29) is 11.6 Å². The molecule has 3 N–H and O–H groups in total. The second-order valence-corrected chi connectivity index (χ2v) is 5.78. The highest BCUT2D eigenvalue weighted by Crippen LogP contribution is 2.21. The van der Waals surface area contributed by atoms with Gasteiger partial charge >= 0.3 is 0 Å². The third-order valence-corrected chi connectivity index (χ3v) is 3.99. The van der Waals surface area contributed by atoms with Crippen LogP contribution in [-0.4, -0.2) is 30.4 Å². The van der Waals surface area contributed by atoms with Gasteiger partial charge in [-0.25, -0.2) is 4.39 Å². The molecule has 1 amide bonds. The van der Waals surface area contributed by atoms with Gasteiger partial charge in [-0.05, 0) is 43.5 Å². The molecule has 1 unspecified atom stereocenters. The van der Waals surface area contributed by atoms with Crippen LogP contribution in [0.1, 0.15) is 32.6 Å². The summed E-state index contributed by atoms with van der Waals surface area (Å²) in [5.41, 5.74) is 6.19. The summed E-state index contributed by atoms with van der Waals surface area (Å²) in [4.78, 5) is 14.2. The number of halogens is 1. The van der Waals surface area contributed by atoms with E-state index in [2.05, 4.69) is 17.1 Å². The summed E-state index contributed by atoms with van der Waals surface area (Å²) in [5.74, 6) is 0.143. The Hall–Kier alpha value is -1.62. The van der Waals surface area contributed by atoms with Crippen LogP contribution in [-0.2, 0) is 4.79 Å². The topological polar surface area (TPSA) is 58.4 Å². The normalized spacial score (nSPS) is 18.9. The Morgan fingerprint density at radius 2 is 2.33 bits per heavy atom. The molecule has 0 radical (unpaired) electrons. The number of carbonyl (C=O) groups is 1. The van der Waals surface area contributed by atoms with E-state index in [1.807, 2.05) is 0 Å². The second-order valence-electron chi connectivity index (χ2n) is 5.78. The summed E-state index contributed by atoms with van der Waals surface area (Å²) in [5, 5.41) is 2.59. The van der Waals surface area contributed by atoms with E-state index in [0.717, 1.165) is 25.6 Å². The first kappa shape index (κ1) is 15.8. The molecule has 1 aliphatic rings. The lowest BCUT2D eigenvalue weighted by Crippen LogP contribution is -2.26. The summed E-state index contributed by atoms with van der Waals surface area (Å²) in [7, 11) is 0. The summed E-state index contributed by atoms with van der Waals surface area (Å²) in [6.45, 7) is 5.07. The Balaban J connectivity index is 1.76. The largest absolute Gasteiger partial charge is 0.399 e. The third-order valence-electron chi connectivity index (χ3n) is 3.99. The minimum Gasteiger partial charge on any atom is -0.399 e. The fraction of sp³-hybridized carbons (Fsp3) is 0.562. The van der Waals surface area contributed by atoms with E-state index in [1.54, 1.807) is 0 Å². The van der Waals surface area contributed by atoms with Crippen molar-refractivity contribution in [3.8, 4) is 0 Å². The van der Waals surface area contributed by atoms with Crippen molar-refractivity contribution in [2.75, 3.05) is 30.7 Å². The molecule has 0 aliphatic carbocycles. The average Bonchev–Trinajstić information content (AvgIpc) is 2.89. The fourth-order valence-corrected chi connectivity index (χ4v) is 2.87. The van der Waals surface area contributed by atoms with Crippen LogP contribution < -0.4 is 11.1 Å². The zero-order valence-corrected chi connectivity index (χ0v) is 12.6. The number of nitrogens with zero attached hydrogens (tertiary/aromatic N) is 1. The number of rotatable bonds is 6. The van der Waals surface area contributed by atoms with Gasteiger partial charge in [0.05, 0.1) is 5.69 Å². The van der Waals surface area contributed by atoms with E-state index >= 15 is 0 Å². The minimum absolute atomic E-state index is 0.158. The van der Waals surface area contributed by atoms with Crippen molar-refractivity contribution in [2.24, 2.45) is 5.92 Å². The molecule has 0 aromatic heterocycles. The van der Waals surface area contributed by atoms with Crippen LogP contribution in [0.4, 0.5) is 15.8 Å². The van der Waals surface area contributed by atoms with Crippen LogP contribution in [0.15, 0.2) is 18.2 Å². The highest BCUT2D eigenvalue weighted by molar-refractivity contribution is 5.91. The number of anilines is 2. The molecule has 0 saturated carbocycles. The highest BCUT2D eigenvalue weighted by Gasteiger charge is 2.21. The Morgan fingerprint density at radius 3 is 3.10 bits per heavy atom. The number of nitrogens with two attached hydrogens (primary N) is 1. The van der Waals surface area contributed by atoms with Crippen molar-refractivity contribution in [2.45, 2.75) is 32.6 Å². The maximum absolute atomic E-state index is 13.5. The van der Waals surface area contributed by atoms with Gasteiger partial charge in [0.1, 0.15) is 5.82 Å². The maximum atomic E-state index is 13.5. The second kappa shape index (κ2) is 7.41. The van der Waals surface area contributed by atoms with Gasteiger partial charge in [0.2, 0.25) is 5.91 Å². The van der Waals surface area contributed by atoms with Gasteiger partial charge in [-0.3, -0.25) is 4.79 Å². The van der Waals surface area contributed by atoms with Crippen LogP contribution in [0, 0.1) is 11.7 Å². The van der Waals surface area contributed by atoms with E-state index in [4.69, 9.17) is 5.73 Å². The number of amides is 1. The molecule has 116 valence electrons. The van der Waals surface area contributed by atoms with Crippen LogP contribution in [0.3, 0.4) is 0 Å². The molecular weight excluding hydrogens is 269 g/mol. The summed E-state index contributed by atoms with van der Waals surface area (Å²) < 4.78 is 13.5. The lowest BCUT2D eigenvalue weighted by Gasteiger charge is -2.15. The molecule has 1 saturated heterocycles. The molecule has 4 nitrogen and oxygen atoms in total. The molecule has 1 aliphatic heterocycles. The molecule has 5 heteroatoms. The van der Waals surface area contributed by atoms with Crippen LogP contribution in [0.25, 0.3) is 0 Å². The molecule has 0 bridgehead atoms. The maximum Gasteiger partial charge on any atom is 0.225 e. The molecular formula is C16H24FN3O. The van der Waals surface area contributed by atoms with Gasteiger partial charge in [-0.1, -0.05) is 13.3 Å². The SMILES string of the molecule is CCCC1CCN(CCC(=O)Nc2cc(N)ccc2F)C1. The van der Waals surface area contributed by atoms with Gasteiger partial charge in [-0.2, -0.15) is 0 Å². The van der Waals surface area contributed by atoms with Crippen molar-refractivity contribution in [1.82, 2.24) is 4.90 Å². The Labute approximate surface area is 125 Å². The lowest BCUT2D eigenvalue weighted by molar-refractivity contribution is -0.116. The average molecular weight is 293 g/mol. The van der Waals surface area contributed by atoms with Gasteiger partial charge in [0, 0.05) is 25.2 Å². The third kappa shape index (κ3) is 4.70. The predicted molar refractivity (Wildman–Crippen MR) is 83.5 cm³/mol. The Bertz CT molecular complexity index is 492. The van der Waals surface area contributed by atoms with Gasteiger partial charge < -0.3 is 16.0 Å². The minimum atomic E-state index is -0.457. The monoisotopic (exact) mass is 293 g/mol. The van der Waals surface area contributed by atoms with Gasteiger partial charge in [-0.15, -0.1) is 0 Å². The number of nitrogen functional groups attached to an aromatic ring is 1. The van der Waals surface area contributed by atoms with E-state index in [1.165, 1.54) is 37.5 Å². The van der Waals surface area contributed by atoms with Crippen molar-refractivity contribution in [3.63, 3.8) is 0 Å². The van der Waals surface area contributed by atoms with Gasteiger partial charge in [0.25, 0.3) is 0 Å². The Morgan fingerprint density at radius 1 is 1.52 bits per heavy atom. The number of hydrogen-bond acceptors (Lipinski definition) is 3. The fourth-order valence-electron chi connectivity index (χ4n) is 2.87. The molecule has 1 aromatic rings. The predicted octanol–water partition coefficient (Wildman–Crippen LogP) is 2.86. The van der Waals surface area contributed by atoms with Crippen molar-refractivity contribution in [3.05, 3.63) is 24.0 Å². The van der Waals surface area contributed by atoms with Crippen molar-refractivity contribution in [1.29, 1.82) is 0 Å². The number of carbonyl (C=O) groups excluding carboxylic acids is 1. The first-order chi connectivity index (χ1) is 10.1. The van der Waals surface area contributed by atoms with E-state index in [0.29, 0.717) is 12.1 Å². The Kier molecular flexibility index (Phi) is 5.56. The first-order valence-electron chi connectivity index (χ1n) is 7.65. The number of benzene rings is 1. The molecule has 21 heavy (non-hydrogen) atoms. The number of nitrogens with one attached hydrogen (secondary N) is 1. The summed E-state index contributed by atoms with van der Waals surface area (Å²) in [6, 6.07) is 4.18. The van der Waals surface area contributed by atoms with Crippen LogP contribution in [0.5, 0.6) is 0 Å². The number of hydrogen-bond donors (Lipinski definition) is 2. The van der Waals surface area contributed by atoms with E-state index in [9.17, 15) is 9.18 Å². The van der Waals surface area contributed by atoms with Gasteiger partial charge in [0.15, 0.2) is 0 Å². The van der Waals surface area contributed by atoms with E-state index < -0.39 is 5.82 Å². The molecule has 0 spiro atoms. The quantitative estimate of drug-likeness (QED) is 0.793. The lowest BCUT2D eigenvalue weighted by atomic mass is 10.0. The highest BCUT2D eigenvalue weighted by atomic mass is 19.1. The smallest absolute Gasteiger partial charge is 0.225 e. The zero-order valence-electron chi connectivity index (χ0n) is 12.6. The first-order valence-corrected chi connectivity index (χ1v) is 7.65. The molecule has 1 fully saturated rings. The van der Waals surface area contributed by atoms with Crippen molar-refractivity contribution >= 4 is 17.3 Å². The van der Waals surface area contributed by atoms with Crippen molar-refractivity contribution < 1.29 is 9.18 Å². The zero-order chi connectivity index (χ0) is 15.2. The molecule has 1 heterocycles. The molecule has 2 rings (SSSR count). The molecule has 1 aromatic carbocycles. The number of likely N-dealkylation sites (tertiary alicyclic amines) is 1.